The molecular formula is C22H17N3OS2. The first-order valence-corrected chi connectivity index (χ1v) is 10.6. The van der Waals surface area contributed by atoms with Gasteiger partial charge in [-0.25, -0.2) is 4.98 Å². The quantitative estimate of drug-likeness (QED) is 0.312. The van der Waals surface area contributed by atoms with E-state index >= 15 is 0 Å². The molecule has 0 saturated heterocycles. The highest BCUT2D eigenvalue weighted by Crippen LogP contribution is 2.30. The van der Waals surface area contributed by atoms with Crippen molar-refractivity contribution in [3.8, 4) is 22.5 Å². The van der Waals surface area contributed by atoms with Crippen molar-refractivity contribution in [2.45, 2.75) is 12.1 Å². The number of aryl methyl sites for hydroxylation is 1. The number of thioether (sulfide) groups is 1. The lowest BCUT2D eigenvalue weighted by Crippen LogP contribution is -2.03. The van der Waals surface area contributed by atoms with E-state index in [0.29, 0.717) is 10.9 Å². The Bertz CT molecular complexity index is 1100. The van der Waals surface area contributed by atoms with Gasteiger partial charge in [0, 0.05) is 16.0 Å². The number of carbonyl (C=O) groups is 1. The summed E-state index contributed by atoms with van der Waals surface area (Å²) in [6, 6.07) is 23.6. The second-order valence-electron chi connectivity index (χ2n) is 6.15. The fraction of sp³-hybridized carbons (Fsp3) is 0.0909. The maximum absolute atomic E-state index is 12.4. The van der Waals surface area contributed by atoms with E-state index in [4.69, 9.17) is 4.98 Å². The van der Waals surface area contributed by atoms with Crippen LogP contribution in [0.2, 0.25) is 0 Å². The molecule has 6 heteroatoms. The molecule has 0 aliphatic heterocycles. The number of rotatable bonds is 6. The third kappa shape index (κ3) is 4.18. The van der Waals surface area contributed by atoms with Gasteiger partial charge >= 0.3 is 0 Å². The van der Waals surface area contributed by atoms with Gasteiger partial charge in [-0.2, -0.15) is 0 Å². The largest absolute Gasteiger partial charge is 0.292 e. The molecule has 0 amide bonds. The van der Waals surface area contributed by atoms with Gasteiger partial charge in [-0.15, -0.1) is 21.5 Å². The topological polar surface area (TPSA) is 55.7 Å². The lowest BCUT2D eigenvalue weighted by Gasteiger charge is -2.09. The highest BCUT2D eigenvalue weighted by molar-refractivity contribution is 7.99. The van der Waals surface area contributed by atoms with Crippen molar-refractivity contribution < 1.29 is 4.79 Å². The molecule has 138 valence electrons. The van der Waals surface area contributed by atoms with Gasteiger partial charge in [-0.3, -0.25) is 4.79 Å². The molecule has 0 aliphatic rings. The zero-order valence-corrected chi connectivity index (χ0v) is 16.8. The predicted octanol–water partition coefficient (Wildman–Crippen LogP) is 5.55. The van der Waals surface area contributed by atoms with Crippen molar-refractivity contribution in [1.82, 2.24) is 15.2 Å². The molecule has 0 fully saturated rings. The summed E-state index contributed by atoms with van der Waals surface area (Å²) >= 11 is 2.83. The molecule has 28 heavy (non-hydrogen) atoms. The summed E-state index contributed by atoms with van der Waals surface area (Å²) < 4.78 is 0. The zero-order chi connectivity index (χ0) is 19.3. The standard InChI is InChI=1S/C22H17N3OS2/c1-15-12-13-19(28-15)18(26)14-27-22-23-20(16-8-4-2-5-9-16)21(24-25-22)17-10-6-3-7-11-17/h2-13H,14H2,1H3. The lowest BCUT2D eigenvalue weighted by atomic mass is 10.0. The molecule has 0 saturated carbocycles. The first kappa shape index (κ1) is 18.5. The van der Waals surface area contributed by atoms with Crippen LogP contribution in [0.5, 0.6) is 0 Å². The first-order chi connectivity index (χ1) is 13.7. The van der Waals surface area contributed by atoms with E-state index in [1.54, 1.807) is 0 Å². The summed E-state index contributed by atoms with van der Waals surface area (Å²) in [6.07, 6.45) is 0. The molecule has 4 aromatic rings. The fourth-order valence-electron chi connectivity index (χ4n) is 2.75. The summed E-state index contributed by atoms with van der Waals surface area (Å²) in [4.78, 5) is 19.0. The number of nitrogens with zero attached hydrogens (tertiary/aromatic N) is 3. The highest BCUT2D eigenvalue weighted by Gasteiger charge is 2.15. The number of hydrogen-bond acceptors (Lipinski definition) is 6. The monoisotopic (exact) mass is 403 g/mol. The summed E-state index contributed by atoms with van der Waals surface area (Å²) in [6.45, 7) is 2.00. The van der Waals surface area contributed by atoms with Crippen LogP contribution >= 0.6 is 23.1 Å². The Hall–Kier alpha value is -2.83. The van der Waals surface area contributed by atoms with Gasteiger partial charge in [-0.1, -0.05) is 72.4 Å². The summed E-state index contributed by atoms with van der Waals surface area (Å²) in [5.41, 5.74) is 3.43. The number of ketones is 1. The summed E-state index contributed by atoms with van der Waals surface area (Å²) in [7, 11) is 0. The van der Waals surface area contributed by atoms with Crippen LogP contribution in [0.3, 0.4) is 0 Å². The van der Waals surface area contributed by atoms with E-state index in [1.807, 2.05) is 79.7 Å². The number of hydrogen-bond donors (Lipinski definition) is 0. The van der Waals surface area contributed by atoms with Crippen LogP contribution < -0.4 is 0 Å². The van der Waals surface area contributed by atoms with E-state index in [9.17, 15) is 4.79 Å². The minimum absolute atomic E-state index is 0.0834. The molecule has 0 aliphatic carbocycles. The van der Waals surface area contributed by atoms with Crippen LogP contribution in [0.25, 0.3) is 22.5 Å². The Morgan fingerprint density at radius 1 is 0.857 bits per heavy atom. The Morgan fingerprint density at radius 3 is 2.11 bits per heavy atom. The Morgan fingerprint density at radius 2 is 1.50 bits per heavy atom. The molecule has 0 atom stereocenters. The Balaban J connectivity index is 1.64. The van der Waals surface area contributed by atoms with Crippen molar-refractivity contribution in [3.05, 3.63) is 82.6 Å². The van der Waals surface area contributed by atoms with Crippen LogP contribution in [-0.2, 0) is 0 Å². The van der Waals surface area contributed by atoms with Crippen molar-refractivity contribution >= 4 is 28.9 Å². The SMILES string of the molecule is Cc1ccc(C(=O)CSc2nnc(-c3ccccc3)c(-c3ccccc3)n2)s1. The Labute approximate surface area is 171 Å². The normalized spacial score (nSPS) is 10.8. The van der Waals surface area contributed by atoms with Gasteiger partial charge in [0.25, 0.3) is 0 Å². The number of benzene rings is 2. The molecule has 2 aromatic heterocycles. The van der Waals surface area contributed by atoms with Crippen LogP contribution in [0.15, 0.2) is 78.0 Å². The second kappa shape index (κ2) is 8.46. The van der Waals surface area contributed by atoms with Crippen molar-refractivity contribution in [1.29, 1.82) is 0 Å². The van der Waals surface area contributed by atoms with Crippen molar-refractivity contribution in [2.75, 3.05) is 5.75 Å². The van der Waals surface area contributed by atoms with Crippen LogP contribution in [0.4, 0.5) is 0 Å². The number of Topliss-reactive ketones (excluding diaryl/α,β-unsaturated/α-hetero) is 1. The smallest absolute Gasteiger partial charge is 0.210 e. The van der Waals surface area contributed by atoms with Crippen LogP contribution in [0.1, 0.15) is 14.5 Å². The maximum atomic E-state index is 12.4. The first-order valence-electron chi connectivity index (χ1n) is 8.79. The number of thiophene rings is 1. The van der Waals surface area contributed by atoms with Crippen molar-refractivity contribution in [3.63, 3.8) is 0 Å². The summed E-state index contributed by atoms with van der Waals surface area (Å²) in [5, 5.41) is 9.20. The molecule has 0 N–H and O–H groups in total. The van der Waals surface area contributed by atoms with E-state index in [1.165, 1.54) is 23.1 Å². The zero-order valence-electron chi connectivity index (χ0n) is 15.2. The third-order valence-electron chi connectivity index (χ3n) is 4.11. The van der Waals surface area contributed by atoms with Crippen LogP contribution in [-0.4, -0.2) is 26.7 Å². The van der Waals surface area contributed by atoms with Gasteiger partial charge in [0.15, 0.2) is 5.78 Å². The van der Waals surface area contributed by atoms with Gasteiger partial charge in [0.2, 0.25) is 5.16 Å². The predicted molar refractivity (Wildman–Crippen MR) is 115 cm³/mol. The highest BCUT2D eigenvalue weighted by atomic mass is 32.2. The van der Waals surface area contributed by atoms with Gasteiger partial charge in [-0.05, 0) is 19.1 Å². The molecule has 0 bridgehead atoms. The summed E-state index contributed by atoms with van der Waals surface area (Å²) in [5.74, 6) is 0.376. The molecule has 0 unspecified atom stereocenters. The van der Waals surface area contributed by atoms with Crippen molar-refractivity contribution in [2.24, 2.45) is 0 Å². The molecule has 4 rings (SSSR count). The molecule has 2 aromatic carbocycles. The molecule has 4 nitrogen and oxygen atoms in total. The minimum Gasteiger partial charge on any atom is -0.292 e. The van der Waals surface area contributed by atoms with Crippen LogP contribution in [0, 0.1) is 6.92 Å². The number of aromatic nitrogens is 3. The molecule has 2 heterocycles. The molecular weight excluding hydrogens is 386 g/mol. The lowest BCUT2D eigenvalue weighted by molar-refractivity contribution is 0.102. The maximum Gasteiger partial charge on any atom is 0.210 e. The minimum atomic E-state index is 0.0834. The number of carbonyl (C=O) groups excluding carboxylic acids is 1. The van der Waals surface area contributed by atoms with E-state index < -0.39 is 0 Å². The van der Waals surface area contributed by atoms with Gasteiger partial charge in [0.05, 0.1) is 10.6 Å². The molecule has 0 radical (unpaired) electrons. The Kier molecular flexibility index (Phi) is 5.60. The molecule has 0 spiro atoms. The average Bonchev–Trinajstić information content (AvgIpc) is 3.19. The van der Waals surface area contributed by atoms with E-state index in [0.717, 1.165) is 32.3 Å². The second-order valence-corrected chi connectivity index (χ2v) is 8.38. The van der Waals surface area contributed by atoms with E-state index in [-0.39, 0.29) is 5.78 Å². The van der Waals surface area contributed by atoms with Gasteiger partial charge < -0.3 is 0 Å². The van der Waals surface area contributed by atoms with E-state index in [2.05, 4.69) is 10.2 Å². The third-order valence-corrected chi connectivity index (χ3v) is 5.99. The van der Waals surface area contributed by atoms with Gasteiger partial charge in [0.1, 0.15) is 11.4 Å². The average molecular weight is 404 g/mol. The fourth-order valence-corrected chi connectivity index (χ4v) is 4.31.